The molecule has 2 aliphatic heterocycles. The van der Waals surface area contributed by atoms with Crippen molar-refractivity contribution in [3.05, 3.63) is 0 Å². The molecule has 0 saturated carbocycles. The fourth-order valence-corrected chi connectivity index (χ4v) is 0.668. The van der Waals surface area contributed by atoms with Gasteiger partial charge in [0.15, 0.2) is 0 Å². The van der Waals surface area contributed by atoms with Crippen molar-refractivity contribution in [1.29, 1.82) is 0 Å². The van der Waals surface area contributed by atoms with Crippen LogP contribution >= 0.6 is 0 Å². The third kappa shape index (κ3) is 2.87. The molecule has 6 nitrogen and oxygen atoms in total. The summed E-state index contributed by atoms with van der Waals surface area (Å²) in [5.74, 6) is 0. The van der Waals surface area contributed by atoms with E-state index in [1.807, 2.05) is 0 Å². The summed E-state index contributed by atoms with van der Waals surface area (Å²) in [6.07, 6.45) is -17.6. The fourth-order valence-electron chi connectivity index (χ4n) is 0.668. The molecular weight excluding hydrogens is 282 g/mol. The standard InChI is InChI=1S/C3F4O3.C3H2F2O3/c4-2(5)3(6,7)10-1(8)9-2;4-1-2(5)8-3(6)7-1/h;1-2H. The normalized spacial score (nSPS) is 31.4. The molecule has 0 aliphatic carbocycles. The average Bonchev–Trinajstić information content (AvgIpc) is 2.50. The lowest BCUT2D eigenvalue weighted by Gasteiger charge is -2.09. The molecule has 0 spiro atoms. The van der Waals surface area contributed by atoms with Gasteiger partial charge in [0.1, 0.15) is 0 Å². The van der Waals surface area contributed by atoms with Crippen molar-refractivity contribution < 1.29 is 54.9 Å². The van der Waals surface area contributed by atoms with Gasteiger partial charge in [0, 0.05) is 0 Å². The number of halogens is 6. The molecule has 2 aliphatic rings. The van der Waals surface area contributed by atoms with E-state index in [9.17, 15) is 35.9 Å². The predicted molar refractivity (Wildman–Crippen MR) is 34.8 cm³/mol. The Kier molecular flexibility index (Phi) is 3.48. The molecule has 0 amide bonds. The van der Waals surface area contributed by atoms with E-state index < -0.39 is 37.2 Å². The molecule has 2 saturated heterocycles. The van der Waals surface area contributed by atoms with Crippen molar-refractivity contribution in [2.45, 2.75) is 24.9 Å². The summed E-state index contributed by atoms with van der Waals surface area (Å²) in [7, 11) is 0. The van der Waals surface area contributed by atoms with Crippen LogP contribution in [0, 0.1) is 0 Å². The first-order valence-electron chi connectivity index (χ1n) is 3.88. The van der Waals surface area contributed by atoms with Crippen LogP contribution in [-0.2, 0) is 18.9 Å². The maximum atomic E-state index is 11.7. The highest BCUT2D eigenvalue weighted by atomic mass is 19.3. The van der Waals surface area contributed by atoms with E-state index in [2.05, 4.69) is 18.9 Å². The predicted octanol–water partition coefficient (Wildman–Crippen LogP) is 2.08. The molecule has 18 heavy (non-hydrogen) atoms. The molecular formula is C6H2F6O6. The highest BCUT2D eigenvalue weighted by Gasteiger charge is 2.70. The summed E-state index contributed by atoms with van der Waals surface area (Å²) in [4.78, 5) is 19.4. The van der Waals surface area contributed by atoms with E-state index in [1.54, 1.807) is 0 Å². The Morgan fingerprint density at radius 1 is 0.778 bits per heavy atom. The number of hydrogen-bond donors (Lipinski definition) is 0. The number of carbonyl (C=O) groups excluding carboxylic acids is 2. The molecule has 0 aromatic carbocycles. The molecule has 2 rings (SSSR count). The van der Waals surface area contributed by atoms with Crippen LogP contribution in [0.15, 0.2) is 0 Å². The second kappa shape index (κ2) is 4.42. The summed E-state index contributed by atoms with van der Waals surface area (Å²) >= 11 is 0. The summed E-state index contributed by atoms with van der Waals surface area (Å²) < 4.78 is 82.6. The third-order valence-corrected chi connectivity index (χ3v) is 1.39. The molecule has 0 N–H and O–H groups in total. The van der Waals surface area contributed by atoms with E-state index in [0.29, 0.717) is 0 Å². The van der Waals surface area contributed by atoms with Gasteiger partial charge in [0.2, 0.25) is 0 Å². The summed E-state index contributed by atoms with van der Waals surface area (Å²) in [5.41, 5.74) is 0. The van der Waals surface area contributed by atoms with Gasteiger partial charge in [-0.15, -0.1) is 0 Å². The average molecular weight is 284 g/mol. The van der Waals surface area contributed by atoms with Crippen molar-refractivity contribution in [3.8, 4) is 0 Å². The molecule has 0 aromatic heterocycles. The number of rotatable bonds is 0. The lowest BCUT2D eigenvalue weighted by atomic mass is 10.6. The van der Waals surface area contributed by atoms with Gasteiger partial charge in [0.05, 0.1) is 0 Å². The number of hydrogen-bond acceptors (Lipinski definition) is 6. The molecule has 2 unspecified atom stereocenters. The summed E-state index contributed by atoms with van der Waals surface area (Å²) in [6.45, 7) is 0. The SMILES string of the molecule is O=C1OC(F)(F)C(F)(F)O1.O=C1OC(F)C(F)O1. The topological polar surface area (TPSA) is 71.1 Å². The maximum absolute atomic E-state index is 11.7. The molecule has 0 aromatic rings. The van der Waals surface area contributed by atoms with E-state index in [4.69, 9.17) is 0 Å². The zero-order valence-electron chi connectivity index (χ0n) is 7.87. The van der Waals surface area contributed by atoms with Gasteiger partial charge < -0.3 is 18.9 Å². The smallest absolute Gasteiger partial charge is 0.392 e. The van der Waals surface area contributed by atoms with Crippen LogP contribution in [0.1, 0.15) is 0 Å². The van der Waals surface area contributed by atoms with Gasteiger partial charge in [-0.05, 0) is 0 Å². The number of carbonyl (C=O) groups is 2. The van der Waals surface area contributed by atoms with Crippen LogP contribution in [0.25, 0.3) is 0 Å². The van der Waals surface area contributed by atoms with Gasteiger partial charge in [-0.1, -0.05) is 0 Å². The zero-order chi connectivity index (χ0) is 14.1. The van der Waals surface area contributed by atoms with Crippen LogP contribution in [-0.4, -0.2) is 37.2 Å². The first-order valence-corrected chi connectivity index (χ1v) is 3.88. The molecule has 12 heteroatoms. The molecule has 2 heterocycles. The van der Waals surface area contributed by atoms with E-state index in [1.165, 1.54) is 0 Å². The van der Waals surface area contributed by atoms with Crippen LogP contribution in [0.4, 0.5) is 35.9 Å². The fraction of sp³-hybridized carbons (Fsp3) is 0.667. The van der Waals surface area contributed by atoms with Gasteiger partial charge in [-0.3, -0.25) is 0 Å². The van der Waals surface area contributed by atoms with Crippen molar-refractivity contribution in [2.75, 3.05) is 0 Å². The lowest BCUT2D eigenvalue weighted by Crippen LogP contribution is -2.36. The molecule has 2 atom stereocenters. The van der Waals surface area contributed by atoms with Crippen molar-refractivity contribution in [3.63, 3.8) is 0 Å². The van der Waals surface area contributed by atoms with Crippen LogP contribution in [0.3, 0.4) is 0 Å². The molecule has 0 bridgehead atoms. The van der Waals surface area contributed by atoms with Crippen LogP contribution in [0.2, 0.25) is 0 Å². The molecule has 0 radical (unpaired) electrons. The van der Waals surface area contributed by atoms with Gasteiger partial charge in [-0.2, -0.15) is 26.3 Å². The Morgan fingerprint density at radius 3 is 1.22 bits per heavy atom. The van der Waals surface area contributed by atoms with Gasteiger partial charge >= 0.3 is 37.2 Å². The second-order valence-corrected chi connectivity index (χ2v) is 2.68. The van der Waals surface area contributed by atoms with Crippen LogP contribution < -0.4 is 0 Å². The van der Waals surface area contributed by atoms with Gasteiger partial charge in [-0.25, -0.2) is 9.59 Å². The minimum atomic E-state index is -4.84. The molecule has 2 fully saturated rings. The van der Waals surface area contributed by atoms with Gasteiger partial charge in [0.25, 0.3) is 0 Å². The summed E-state index contributed by atoms with van der Waals surface area (Å²) in [6, 6.07) is 0. The molecule has 104 valence electrons. The number of cyclic esters (lactones) is 4. The number of alkyl halides is 6. The largest absolute Gasteiger partial charge is 0.518 e. The Balaban J connectivity index is 0.000000184. The van der Waals surface area contributed by atoms with E-state index >= 15 is 0 Å². The van der Waals surface area contributed by atoms with E-state index in [-0.39, 0.29) is 0 Å². The third-order valence-electron chi connectivity index (χ3n) is 1.39. The lowest BCUT2D eigenvalue weighted by molar-refractivity contribution is -0.344. The number of ether oxygens (including phenoxy) is 4. The van der Waals surface area contributed by atoms with Crippen molar-refractivity contribution in [2.24, 2.45) is 0 Å². The zero-order valence-corrected chi connectivity index (χ0v) is 7.87. The minimum absolute atomic E-state index is 1.30. The summed E-state index contributed by atoms with van der Waals surface area (Å²) in [5, 5.41) is 0. The van der Waals surface area contributed by atoms with Crippen molar-refractivity contribution >= 4 is 12.3 Å². The Hall–Kier alpha value is -1.88. The Bertz CT molecular complexity index is 328. The quantitative estimate of drug-likeness (QED) is 0.501. The minimum Gasteiger partial charge on any atom is -0.392 e. The first kappa shape index (κ1) is 14.2. The monoisotopic (exact) mass is 284 g/mol. The first-order chi connectivity index (χ1) is 8.05. The van der Waals surface area contributed by atoms with Crippen LogP contribution in [0.5, 0.6) is 0 Å². The highest BCUT2D eigenvalue weighted by molar-refractivity contribution is 5.63. The van der Waals surface area contributed by atoms with Crippen molar-refractivity contribution in [1.82, 2.24) is 0 Å². The Morgan fingerprint density at radius 2 is 1.11 bits per heavy atom. The van der Waals surface area contributed by atoms with E-state index in [0.717, 1.165) is 0 Å². The second-order valence-electron chi connectivity index (χ2n) is 2.68. The highest BCUT2D eigenvalue weighted by Crippen LogP contribution is 2.41. The maximum Gasteiger partial charge on any atom is 0.518 e. The Labute approximate surface area is 93.3 Å².